The van der Waals surface area contributed by atoms with E-state index in [0.29, 0.717) is 0 Å². The van der Waals surface area contributed by atoms with Crippen molar-refractivity contribution in [2.45, 2.75) is 52.9 Å². The van der Waals surface area contributed by atoms with Gasteiger partial charge in [0.1, 0.15) is 0 Å². The Labute approximate surface area is 103 Å². The summed E-state index contributed by atoms with van der Waals surface area (Å²) in [4.78, 5) is 2.46. The van der Waals surface area contributed by atoms with Crippen LogP contribution in [0.3, 0.4) is 0 Å². The molecule has 0 heterocycles. The van der Waals surface area contributed by atoms with E-state index in [-0.39, 0.29) is 0 Å². The first-order valence-electron chi connectivity index (χ1n) is 7.06. The summed E-state index contributed by atoms with van der Waals surface area (Å²) in [7, 11) is 2.24. The van der Waals surface area contributed by atoms with Gasteiger partial charge in [-0.2, -0.15) is 0 Å². The summed E-state index contributed by atoms with van der Waals surface area (Å²) in [6.45, 7) is 11.6. The van der Waals surface area contributed by atoms with Gasteiger partial charge in [0.15, 0.2) is 0 Å². The Morgan fingerprint density at radius 2 is 1.62 bits per heavy atom. The maximum atomic E-state index is 3.37. The molecular weight excluding hydrogens is 196 g/mol. The Kier molecular flexibility index (Phi) is 11.3. The lowest BCUT2D eigenvalue weighted by molar-refractivity contribution is 0.288. The van der Waals surface area contributed by atoms with Gasteiger partial charge in [0.25, 0.3) is 0 Å². The Balaban J connectivity index is 3.08. The highest BCUT2D eigenvalue weighted by molar-refractivity contribution is 4.55. The third kappa shape index (κ3) is 12.0. The second-order valence-corrected chi connectivity index (χ2v) is 5.28. The molecule has 0 radical (unpaired) electrons. The van der Waals surface area contributed by atoms with Crippen LogP contribution in [0.2, 0.25) is 0 Å². The third-order valence-electron chi connectivity index (χ3n) is 2.82. The molecule has 0 aliphatic heterocycles. The summed E-state index contributed by atoms with van der Waals surface area (Å²) in [5, 5.41) is 3.37. The molecule has 98 valence electrons. The Hall–Kier alpha value is -0.0800. The van der Waals surface area contributed by atoms with E-state index in [4.69, 9.17) is 0 Å². The zero-order valence-corrected chi connectivity index (χ0v) is 11.9. The molecule has 16 heavy (non-hydrogen) atoms. The monoisotopic (exact) mass is 228 g/mol. The van der Waals surface area contributed by atoms with Crippen LogP contribution in [0.15, 0.2) is 0 Å². The highest BCUT2D eigenvalue weighted by atomic mass is 15.1. The Morgan fingerprint density at radius 3 is 2.25 bits per heavy atom. The number of rotatable bonds is 11. The molecule has 2 nitrogen and oxygen atoms in total. The summed E-state index contributed by atoms with van der Waals surface area (Å²) >= 11 is 0. The van der Waals surface area contributed by atoms with Gasteiger partial charge >= 0.3 is 0 Å². The van der Waals surface area contributed by atoms with E-state index in [1.165, 1.54) is 51.7 Å². The third-order valence-corrected chi connectivity index (χ3v) is 2.82. The van der Waals surface area contributed by atoms with E-state index in [2.05, 4.69) is 38.0 Å². The van der Waals surface area contributed by atoms with Crippen LogP contribution in [0.1, 0.15) is 52.9 Å². The quantitative estimate of drug-likeness (QED) is 0.547. The molecule has 0 fully saturated rings. The zero-order valence-electron chi connectivity index (χ0n) is 11.9. The van der Waals surface area contributed by atoms with Gasteiger partial charge < -0.3 is 10.2 Å². The number of unbranched alkanes of at least 4 members (excludes halogenated alkanes) is 4. The van der Waals surface area contributed by atoms with E-state index >= 15 is 0 Å². The van der Waals surface area contributed by atoms with Gasteiger partial charge in [-0.25, -0.2) is 0 Å². The first-order valence-corrected chi connectivity index (χ1v) is 7.06. The van der Waals surface area contributed by atoms with Gasteiger partial charge in [-0.15, -0.1) is 0 Å². The smallest absolute Gasteiger partial charge is 0.000133 e. The average molecular weight is 228 g/mol. The van der Waals surface area contributed by atoms with Crippen LogP contribution >= 0.6 is 0 Å². The van der Waals surface area contributed by atoms with E-state index in [1.54, 1.807) is 0 Å². The van der Waals surface area contributed by atoms with Crippen molar-refractivity contribution in [3.05, 3.63) is 0 Å². The minimum atomic E-state index is 0.796. The maximum absolute atomic E-state index is 3.37. The van der Waals surface area contributed by atoms with E-state index in [1.807, 2.05) is 0 Å². The van der Waals surface area contributed by atoms with Crippen molar-refractivity contribution in [3.63, 3.8) is 0 Å². The summed E-state index contributed by atoms with van der Waals surface area (Å²) in [5.41, 5.74) is 0. The maximum Gasteiger partial charge on any atom is 0.000133 e. The normalized spacial score (nSPS) is 11.6. The topological polar surface area (TPSA) is 15.3 Å². The van der Waals surface area contributed by atoms with Crippen molar-refractivity contribution in [1.82, 2.24) is 10.2 Å². The van der Waals surface area contributed by atoms with Crippen molar-refractivity contribution >= 4 is 0 Å². The van der Waals surface area contributed by atoms with Gasteiger partial charge in [-0.3, -0.25) is 0 Å². The average Bonchev–Trinajstić information content (AvgIpc) is 2.21. The molecule has 0 aliphatic rings. The van der Waals surface area contributed by atoms with Crippen LogP contribution in [0, 0.1) is 5.92 Å². The molecule has 0 saturated carbocycles. The summed E-state index contributed by atoms with van der Waals surface area (Å²) in [5.74, 6) is 0.796. The van der Waals surface area contributed by atoms with Crippen LogP contribution < -0.4 is 5.32 Å². The number of hydrogen-bond acceptors (Lipinski definition) is 2. The summed E-state index contributed by atoms with van der Waals surface area (Å²) in [6, 6.07) is 0. The van der Waals surface area contributed by atoms with Gasteiger partial charge in [0.2, 0.25) is 0 Å². The highest BCUT2D eigenvalue weighted by Gasteiger charge is 2.00. The van der Waals surface area contributed by atoms with Crippen molar-refractivity contribution in [3.8, 4) is 0 Å². The van der Waals surface area contributed by atoms with E-state index in [0.717, 1.165) is 12.5 Å². The largest absolute Gasteiger partial charge is 0.317 e. The predicted octanol–water partition coefficient (Wildman–Crippen LogP) is 3.13. The first-order chi connectivity index (χ1) is 7.66. The van der Waals surface area contributed by atoms with Gasteiger partial charge in [-0.1, -0.05) is 40.0 Å². The fourth-order valence-corrected chi connectivity index (χ4v) is 2.05. The molecule has 0 amide bonds. The Morgan fingerprint density at radius 1 is 1.00 bits per heavy atom. The molecule has 1 N–H and O–H groups in total. The van der Waals surface area contributed by atoms with Crippen molar-refractivity contribution in [2.75, 3.05) is 33.2 Å². The minimum Gasteiger partial charge on any atom is -0.317 e. The molecular formula is C14H32N2. The van der Waals surface area contributed by atoms with Crippen LogP contribution in [0.25, 0.3) is 0 Å². The highest BCUT2D eigenvalue weighted by Crippen LogP contribution is 2.04. The van der Waals surface area contributed by atoms with Crippen molar-refractivity contribution in [2.24, 2.45) is 5.92 Å². The first kappa shape index (κ1) is 15.9. The van der Waals surface area contributed by atoms with Crippen molar-refractivity contribution in [1.29, 1.82) is 0 Å². The number of nitrogens with zero attached hydrogens (tertiary/aromatic N) is 1. The van der Waals surface area contributed by atoms with E-state index < -0.39 is 0 Å². The van der Waals surface area contributed by atoms with Crippen LogP contribution in [-0.2, 0) is 0 Å². The molecule has 0 aromatic heterocycles. The molecule has 0 aromatic carbocycles. The molecule has 0 aliphatic carbocycles. The lowest BCUT2D eigenvalue weighted by Gasteiger charge is -2.18. The second-order valence-electron chi connectivity index (χ2n) is 5.28. The standard InChI is InChI=1S/C14H32N2/c1-5-15-11-9-7-6-8-10-12-16(4)13-14(2)3/h14-15H,5-13H2,1-4H3. The van der Waals surface area contributed by atoms with Crippen LogP contribution in [-0.4, -0.2) is 38.1 Å². The molecule has 0 rings (SSSR count). The predicted molar refractivity (Wildman–Crippen MR) is 74.0 cm³/mol. The zero-order chi connectivity index (χ0) is 12.2. The molecule has 0 saturated heterocycles. The minimum absolute atomic E-state index is 0.796. The SMILES string of the molecule is CCNCCCCCCCN(C)CC(C)C. The molecule has 0 atom stereocenters. The fraction of sp³-hybridized carbons (Fsp3) is 1.00. The van der Waals surface area contributed by atoms with Gasteiger partial charge in [-0.05, 0) is 45.4 Å². The number of hydrogen-bond donors (Lipinski definition) is 1. The van der Waals surface area contributed by atoms with Crippen LogP contribution in [0.5, 0.6) is 0 Å². The lowest BCUT2D eigenvalue weighted by Crippen LogP contribution is -2.24. The second kappa shape index (κ2) is 11.4. The molecule has 0 aromatic rings. The lowest BCUT2D eigenvalue weighted by atomic mass is 10.1. The molecule has 0 spiro atoms. The fourth-order valence-electron chi connectivity index (χ4n) is 2.05. The number of nitrogens with one attached hydrogen (secondary N) is 1. The van der Waals surface area contributed by atoms with E-state index in [9.17, 15) is 0 Å². The summed E-state index contributed by atoms with van der Waals surface area (Å²) < 4.78 is 0. The van der Waals surface area contributed by atoms with Gasteiger partial charge in [0, 0.05) is 6.54 Å². The summed E-state index contributed by atoms with van der Waals surface area (Å²) in [6.07, 6.45) is 6.90. The Bertz CT molecular complexity index is 135. The molecule has 0 unspecified atom stereocenters. The molecule has 0 bridgehead atoms. The van der Waals surface area contributed by atoms with Crippen LogP contribution in [0.4, 0.5) is 0 Å². The molecule has 2 heteroatoms. The van der Waals surface area contributed by atoms with Crippen molar-refractivity contribution < 1.29 is 0 Å². The van der Waals surface area contributed by atoms with Gasteiger partial charge in [0.05, 0.1) is 0 Å².